The summed E-state index contributed by atoms with van der Waals surface area (Å²) in [6.07, 6.45) is 10.1. The number of hydrogen-bond acceptors (Lipinski definition) is 5. The molecule has 7 nitrogen and oxygen atoms in total. The second-order valence-electron chi connectivity index (χ2n) is 16.2. The Hall–Kier alpha value is -5.40. The van der Waals surface area contributed by atoms with E-state index in [9.17, 15) is 14.4 Å². The molecule has 2 aliphatic rings. The highest BCUT2D eigenvalue weighted by molar-refractivity contribution is 6.31. The van der Waals surface area contributed by atoms with Crippen molar-refractivity contribution < 1.29 is 23.9 Å². The highest BCUT2D eigenvalue weighted by Gasteiger charge is 2.44. The fourth-order valence-corrected chi connectivity index (χ4v) is 9.35. The van der Waals surface area contributed by atoms with Gasteiger partial charge < -0.3 is 14.4 Å². The molecule has 0 spiro atoms. The van der Waals surface area contributed by atoms with Crippen LogP contribution < -0.4 is 0 Å². The van der Waals surface area contributed by atoms with E-state index in [0.29, 0.717) is 22.1 Å². The summed E-state index contributed by atoms with van der Waals surface area (Å²) >= 11 is 7.03. The maximum absolute atomic E-state index is 14.6. The number of rotatable bonds is 11. The number of benzene rings is 5. The first kappa shape index (κ1) is 41.7. The van der Waals surface area contributed by atoms with Crippen molar-refractivity contribution in [3.63, 3.8) is 0 Å². The average molecular weight is 811 g/mol. The minimum absolute atomic E-state index is 0.0744. The van der Waals surface area contributed by atoms with Crippen LogP contribution in [0.5, 0.6) is 0 Å². The molecule has 1 saturated carbocycles. The van der Waals surface area contributed by atoms with Gasteiger partial charge in [0.1, 0.15) is 12.6 Å². The molecule has 0 saturated heterocycles. The third-order valence-electron chi connectivity index (χ3n) is 12.3. The Morgan fingerprint density at radius 2 is 1.19 bits per heavy atom. The summed E-state index contributed by atoms with van der Waals surface area (Å²) < 4.78 is 12.7. The van der Waals surface area contributed by atoms with Gasteiger partial charge in [-0.3, -0.25) is 14.5 Å². The third-order valence-corrected chi connectivity index (χ3v) is 12.6. The zero-order chi connectivity index (χ0) is 41.4. The Kier molecular flexibility index (Phi) is 13.5. The maximum Gasteiger partial charge on any atom is 0.410 e. The fourth-order valence-electron chi connectivity index (χ4n) is 9.08. The van der Waals surface area contributed by atoms with Crippen LogP contribution >= 0.6 is 11.6 Å². The predicted molar refractivity (Wildman–Crippen MR) is 235 cm³/mol. The molecule has 2 atom stereocenters. The van der Waals surface area contributed by atoms with E-state index in [4.69, 9.17) is 21.1 Å². The number of esters is 1. The van der Waals surface area contributed by atoms with Gasteiger partial charge in [-0.2, -0.15) is 0 Å². The standard InChI is InChI=1S/C51H55ClN2O5/c1-53(2)49(56)47(54(3)50(57)58-35-44-42-26-16-14-24-40(42)41-25-15-17-27-43(41)44)34-48(55)59-51(38-22-12-9-13-23-38,45-28-18-19-29-46(45)52)39-32-30-37(31-33-39)36-20-10-7-5-4-6-8-11-21-36/h9,12-19,22-33,36,44,47H,4-8,10-11,20-21,34-35H2,1-3H3/t47-,51?/m0/s1. The number of hydrogen-bond donors (Lipinski definition) is 0. The van der Waals surface area contributed by atoms with Gasteiger partial charge in [0.05, 0.1) is 6.42 Å². The summed E-state index contributed by atoms with van der Waals surface area (Å²) in [5, 5.41) is 0.428. The summed E-state index contributed by atoms with van der Waals surface area (Å²) in [6.45, 7) is 0.0744. The van der Waals surface area contributed by atoms with Gasteiger partial charge in [-0.15, -0.1) is 0 Å². The fraction of sp³-hybridized carbons (Fsp3) is 0.353. The van der Waals surface area contributed by atoms with E-state index in [-0.39, 0.29) is 12.5 Å². The van der Waals surface area contributed by atoms with Gasteiger partial charge >= 0.3 is 12.1 Å². The van der Waals surface area contributed by atoms with E-state index >= 15 is 0 Å². The highest BCUT2D eigenvalue weighted by atomic mass is 35.5. The molecule has 7 rings (SSSR count). The summed E-state index contributed by atoms with van der Waals surface area (Å²) in [4.78, 5) is 44.9. The molecule has 8 heteroatoms. The van der Waals surface area contributed by atoms with Crippen LogP contribution in [0.3, 0.4) is 0 Å². The quantitative estimate of drug-likeness (QED) is 0.0981. The summed E-state index contributed by atoms with van der Waals surface area (Å²) in [5.74, 6) is -0.815. The molecule has 5 aromatic rings. The number of carbonyl (C=O) groups is 3. The van der Waals surface area contributed by atoms with Crippen LogP contribution in [0.25, 0.3) is 11.1 Å². The predicted octanol–water partition coefficient (Wildman–Crippen LogP) is 11.5. The van der Waals surface area contributed by atoms with Crippen molar-refractivity contribution in [3.05, 3.63) is 166 Å². The zero-order valence-corrected chi connectivity index (χ0v) is 35.2. The van der Waals surface area contributed by atoms with Crippen LogP contribution in [0.15, 0.2) is 127 Å². The van der Waals surface area contributed by atoms with Crippen LogP contribution in [0, 0.1) is 0 Å². The van der Waals surface area contributed by atoms with Crippen molar-refractivity contribution in [1.29, 1.82) is 0 Å². The number of ether oxygens (including phenoxy) is 2. The first-order valence-corrected chi connectivity index (χ1v) is 21.5. The molecule has 0 aliphatic heterocycles. The second-order valence-corrected chi connectivity index (χ2v) is 16.6. The average Bonchev–Trinajstić information content (AvgIpc) is 3.59. The van der Waals surface area contributed by atoms with Gasteiger partial charge in [0, 0.05) is 48.8 Å². The molecule has 306 valence electrons. The summed E-state index contributed by atoms with van der Waals surface area (Å²) in [6, 6.07) is 40.5. The molecule has 1 unspecified atom stereocenters. The van der Waals surface area contributed by atoms with E-state index in [0.717, 1.165) is 40.7 Å². The largest absolute Gasteiger partial charge is 0.448 e. The van der Waals surface area contributed by atoms with Crippen molar-refractivity contribution in [3.8, 4) is 11.1 Å². The van der Waals surface area contributed by atoms with Gasteiger partial charge in [-0.05, 0) is 52.6 Å². The molecule has 59 heavy (non-hydrogen) atoms. The topological polar surface area (TPSA) is 76.2 Å². The molecule has 0 N–H and O–H groups in total. The Balaban J connectivity index is 1.18. The van der Waals surface area contributed by atoms with Gasteiger partial charge in [0.2, 0.25) is 5.91 Å². The Labute approximate surface area is 354 Å². The lowest BCUT2D eigenvalue weighted by atomic mass is 9.78. The lowest BCUT2D eigenvalue weighted by Gasteiger charge is -2.37. The van der Waals surface area contributed by atoms with Crippen molar-refractivity contribution in [1.82, 2.24) is 9.80 Å². The monoisotopic (exact) mass is 810 g/mol. The van der Waals surface area contributed by atoms with Crippen molar-refractivity contribution >= 4 is 29.6 Å². The minimum Gasteiger partial charge on any atom is -0.448 e. The minimum atomic E-state index is -1.47. The summed E-state index contributed by atoms with van der Waals surface area (Å²) in [7, 11) is 4.70. The van der Waals surface area contributed by atoms with Crippen LogP contribution in [0.2, 0.25) is 5.02 Å². The van der Waals surface area contributed by atoms with Crippen molar-refractivity contribution in [2.24, 2.45) is 0 Å². The van der Waals surface area contributed by atoms with Crippen LogP contribution in [0.1, 0.15) is 109 Å². The van der Waals surface area contributed by atoms with Gasteiger partial charge in [0.25, 0.3) is 0 Å². The molecule has 0 radical (unpaired) electrons. The molecule has 5 aromatic carbocycles. The molecular weight excluding hydrogens is 756 g/mol. The number of nitrogens with zero attached hydrogens (tertiary/aromatic N) is 2. The van der Waals surface area contributed by atoms with E-state index in [1.165, 1.54) is 67.4 Å². The summed E-state index contributed by atoms with van der Waals surface area (Å²) in [5.41, 5.74) is 6.21. The Morgan fingerprint density at radius 3 is 1.78 bits per heavy atom. The Morgan fingerprint density at radius 1 is 0.661 bits per heavy atom. The van der Waals surface area contributed by atoms with Crippen LogP contribution in [-0.4, -0.2) is 61.6 Å². The molecular formula is C51H55ClN2O5. The molecule has 2 aliphatic carbocycles. The van der Waals surface area contributed by atoms with Crippen LogP contribution in [0.4, 0.5) is 4.79 Å². The maximum atomic E-state index is 14.6. The number of carbonyl (C=O) groups excluding carboxylic acids is 3. The molecule has 0 bridgehead atoms. The third kappa shape index (κ3) is 9.11. The van der Waals surface area contributed by atoms with Crippen molar-refractivity contribution in [2.45, 2.75) is 87.7 Å². The molecule has 0 aromatic heterocycles. The SMILES string of the molecule is CN(C)C(=O)[C@H](CC(=O)OC(c1ccccc1)(c1ccc(C2CCCCCCCCC2)cc1)c1ccccc1Cl)N(C)C(=O)OCC1c2ccccc2-c2ccccc21. The number of fused-ring (bicyclic) bond motifs is 3. The van der Waals surface area contributed by atoms with Crippen LogP contribution in [-0.2, 0) is 24.7 Å². The number of amides is 2. The number of likely N-dealkylation sites (N-methyl/N-ethyl adjacent to an activating group) is 2. The lowest BCUT2D eigenvalue weighted by molar-refractivity contribution is -0.157. The second kappa shape index (κ2) is 19.1. The van der Waals surface area contributed by atoms with Crippen molar-refractivity contribution in [2.75, 3.05) is 27.7 Å². The van der Waals surface area contributed by atoms with E-state index in [1.54, 1.807) is 20.2 Å². The van der Waals surface area contributed by atoms with Gasteiger partial charge in [0.15, 0.2) is 5.60 Å². The van der Waals surface area contributed by atoms with E-state index in [1.807, 2.05) is 72.8 Å². The lowest BCUT2D eigenvalue weighted by Crippen LogP contribution is -2.49. The highest BCUT2D eigenvalue weighted by Crippen LogP contribution is 2.46. The smallest absolute Gasteiger partial charge is 0.410 e. The van der Waals surface area contributed by atoms with Gasteiger partial charge in [-0.25, -0.2) is 4.79 Å². The zero-order valence-electron chi connectivity index (χ0n) is 34.4. The molecule has 2 amide bonds. The van der Waals surface area contributed by atoms with E-state index in [2.05, 4.69) is 48.5 Å². The van der Waals surface area contributed by atoms with Gasteiger partial charge in [-0.1, -0.05) is 178 Å². The Bertz CT molecular complexity index is 2170. The molecule has 1 fully saturated rings. The normalized spacial score (nSPS) is 16.1. The van der Waals surface area contributed by atoms with E-state index < -0.39 is 36.0 Å². The first-order valence-electron chi connectivity index (χ1n) is 21.1. The molecule has 0 heterocycles. The first-order chi connectivity index (χ1) is 28.7. The number of halogens is 1.